The predicted octanol–water partition coefficient (Wildman–Crippen LogP) is 6.78. The van der Waals surface area contributed by atoms with Crippen molar-refractivity contribution in [3.8, 4) is 17.2 Å². The molecule has 1 N–H and O–H groups in total. The molecule has 172 valence electrons. The molecule has 4 nitrogen and oxygen atoms in total. The first-order chi connectivity index (χ1) is 15.6. The summed E-state index contributed by atoms with van der Waals surface area (Å²) in [6.45, 7) is 8.45. The predicted molar refractivity (Wildman–Crippen MR) is 129 cm³/mol. The minimum atomic E-state index is -0.143. The maximum atomic E-state index is 11.7. The van der Waals surface area contributed by atoms with Gasteiger partial charge in [-0.05, 0) is 61.8 Å². The van der Waals surface area contributed by atoms with E-state index in [1.54, 1.807) is 12.1 Å². The fraction of sp³-hybridized carbons (Fsp3) is 0.464. The SMILES string of the molecule is C=CCc1cccc(C2CCCC2)c1OCCCOc1ccc(C(C)=O)c(O)c1CCC. The molecule has 1 fully saturated rings. The first-order valence-electron chi connectivity index (χ1n) is 11.9. The highest BCUT2D eigenvalue weighted by Crippen LogP contribution is 2.40. The second-order valence-electron chi connectivity index (χ2n) is 8.60. The van der Waals surface area contributed by atoms with E-state index in [0.717, 1.165) is 25.0 Å². The molecule has 0 aliphatic heterocycles. The summed E-state index contributed by atoms with van der Waals surface area (Å²) in [5.74, 6) is 2.16. The number of hydrogen-bond acceptors (Lipinski definition) is 4. The second kappa shape index (κ2) is 11.8. The lowest BCUT2D eigenvalue weighted by Crippen LogP contribution is -2.09. The van der Waals surface area contributed by atoms with E-state index in [-0.39, 0.29) is 11.5 Å². The molecule has 0 unspecified atom stereocenters. The van der Waals surface area contributed by atoms with E-state index >= 15 is 0 Å². The second-order valence-corrected chi connectivity index (χ2v) is 8.60. The monoisotopic (exact) mass is 436 g/mol. The van der Waals surface area contributed by atoms with Gasteiger partial charge in [-0.2, -0.15) is 0 Å². The van der Waals surface area contributed by atoms with E-state index in [1.807, 2.05) is 13.0 Å². The molecule has 0 bridgehead atoms. The van der Waals surface area contributed by atoms with E-state index in [2.05, 4.69) is 24.8 Å². The lowest BCUT2D eigenvalue weighted by Gasteiger charge is -2.19. The lowest BCUT2D eigenvalue weighted by atomic mass is 9.93. The zero-order valence-corrected chi connectivity index (χ0v) is 19.5. The van der Waals surface area contributed by atoms with E-state index in [0.29, 0.717) is 42.4 Å². The molecule has 0 amide bonds. The van der Waals surface area contributed by atoms with Crippen LogP contribution in [0.15, 0.2) is 43.0 Å². The van der Waals surface area contributed by atoms with Gasteiger partial charge in [0, 0.05) is 12.0 Å². The molecule has 0 radical (unpaired) electrons. The van der Waals surface area contributed by atoms with E-state index in [4.69, 9.17) is 9.47 Å². The van der Waals surface area contributed by atoms with Gasteiger partial charge in [-0.3, -0.25) is 4.79 Å². The van der Waals surface area contributed by atoms with E-state index in [9.17, 15) is 9.90 Å². The van der Waals surface area contributed by atoms with Crippen LogP contribution in [0, 0.1) is 0 Å². The highest BCUT2D eigenvalue weighted by molar-refractivity contribution is 5.97. The summed E-state index contributed by atoms with van der Waals surface area (Å²) < 4.78 is 12.3. The molecule has 0 saturated heterocycles. The van der Waals surface area contributed by atoms with Gasteiger partial charge in [0.2, 0.25) is 0 Å². The maximum absolute atomic E-state index is 11.7. The van der Waals surface area contributed by atoms with Crippen LogP contribution in [0.1, 0.15) is 85.3 Å². The average molecular weight is 437 g/mol. The van der Waals surface area contributed by atoms with Crippen molar-refractivity contribution in [2.45, 2.75) is 71.1 Å². The van der Waals surface area contributed by atoms with Crippen molar-refractivity contribution in [1.82, 2.24) is 0 Å². The molecule has 32 heavy (non-hydrogen) atoms. The Morgan fingerprint density at radius 2 is 1.91 bits per heavy atom. The van der Waals surface area contributed by atoms with Gasteiger partial charge in [0.25, 0.3) is 0 Å². The summed E-state index contributed by atoms with van der Waals surface area (Å²) in [7, 11) is 0. The van der Waals surface area contributed by atoms with Crippen LogP contribution in [0.4, 0.5) is 0 Å². The highest BCUT2D eigenvalue weighted by atomic mass is 16.5. The number of ketones is 1. The van der Waals surface area contributed by atoms with Gasteiger partial charge in [-0.25, -0.2) is 0 Å². The van der Waals surface area contributed by atoms with Crippen LogP contribution < -0.4 is 9.47 Å². The number of phenols is 1. The molecule has 2 aromatic rings. The number of rotatable bonds is 12. The highest BCUT2D eigenvalue weighted by Gasteiger charge is 2.22. The first kappa shape index (κ1) is 23.9. The van der Waals surface area contributed by atoms with Crippen molar-refractivity contribution in [1.29, 1.82) is 0 Å². The summed E-state index contributed by atoms with van der Waals surface area (Å²) in [4.78, 5) is 11.7. The van der Waals surface area contributed by atoms with E-state index in [1.165, 1.54) is 43.7 Å². The summed E-state index contributed by atoms with van der Waals surface area (Å²) >= 11 is 0. The molecular formula is C28H36O4. The molecule has 1 aliphatic carbocycles. The van der Waals surface area contributed by atoms with Crippen LogP contribution in [-0.4, -0.2) is 24.1 Å². The summed E-state index contributed by atoms with van der Waals surface area (Å²) in [5, 5.41) is 10.5. The Bertz CT molecular complexity index is 925. The number of para-hydroxylation sites is 1. The van der Waals surface area contributed by atoms with E-state index < -0.39 is 0 Å². The van der Waals surface area contributed by atoms with Gasteiger partial charge < -0.3 is 14.6 Å². The zero-order chi connectivity index (χ0) is 22.9. The van der Waals surface area contributed by atoms with Crippen LogP contribution in [-0.2, 0) is 12.8 Å². The number of phenolic OH excluding ortho intramolecular Hbond substituents is 1. The fourth-order valence-electron chi connectivity index (χ4n) is 4.60. The topological polar surface area (TPSA) is 55.8 Å². The molecular weight excluding hydrogens is 400 g/mol. The number of ether oxygens (including phenoxy) is 2. The summed E-state index contributed by atoms with van der Waals surface area (Å²) in [6, 6.07) is 9.91. The Morgan fingerprint density at radius 1 is 1.16 bits per heavy atom. The van der Waals surface area contributed by atoms with Crippen LogP contribution in [0.2, 0.25) is 0 Å². The quantitative estimate of drug-likeness (QED) is 0.226. The molecule has 0 aromatic heterocycles. The third-order valence-corrected chi connectivity index (χ3v) is 6.20. The van der Waals surface area contributed by atoms with Gasteiger partial charge in [-0.1, -0.05) is 50.5 Å². The van der Waals surface area contributed by atoms with Crippen molar-refractivity contribution in [3.05, 3.63) is 65.2 Å². The molecule has 1 aliphatic rings. The number of allylic oxidation sites excluding steroid dienone is 1. The third kappa shape index (κ3) is 5.73. The largest absolute Gasteiger partial charge is 0.507 e. The van der Waals surface area contributed by atoms with Gasteiger partial charge in [-0.15, -0.1) is 6.58 Å². The Labute approximate surface area is 192 Å². The first-order valence-corrected chi connectivity index (χ1v) is 11.9. The number of aromatic hydroxyl groups is 1. The van der Waals surface area contributed by atoms with Gasteiger partial charge >= 0.3 is 0 Å². The Balaban J connectivity index is 1.63. The molecule has 0 spiro atoms. The van der Waals surface area contributed by atoms with Crippen molar-refractivity contribution >= 4 is 5.78 Å². The number of hydrogen-bond donors (Lipinski definition) is 1. The Kier molecular flexibility index (Phi) is 8.78. The summed E-state index contributed by atoms with van der Waals surface area (Å²) in [6.07, 6.45) is 10.0. The average Bonchev–Trinajstić information content (AvgIpc) is 3.31. The third-order valence-electron chi connectivity index (χ3n) is 6.20. The maximum Gasteiger partial charge on any atom is 0.163 e. The van der Waals surface area contributed by atoms with Gasteiger partial charge in [0.1, 0.15) is 17.2 Å². The molecule has 0 heterocycles. The number of benzene rings is 2. The van der Waals surface area contributed by atoms with Gasteiger partial charge in [0.05, 0.1) is 18.8 Å². The number of carbonyl (C=O) groups is 1. The smallest absolute Gasteiger partial charge is 0.163 e. The standard InChI is InChI=1S/C28H36O4/c1-4-10-22-14-8-15-24(21-12-6-7-13-21)28(22)32-19-9-18-31-26-17-16-23(20(3)29)27(30)25(26)11-5-2/h4,8,14-17,21,30H,1,5-7,9-13,18-19H2,2-3H3. The van der Waals surface area contributed by atoms with Crippen LogP contribution in [0.25, 0.3) is 0 Å². The minimum absolute atomic E-state index is 0.0488. The number of carbonyl (C=O) groups excluding carboxylic acids is 1. The molecule has 3 rings (SSSR count). The zero-order valence-electron chi connectivity index (χ0n) is 19.5. The van der Waals surface area contributed by atoms with Crippen LogP contribution >= 0.6 is 0 Å². The normalized spacial score (nSPS) is 13.8. The summed E-state index contributed by atoms with van der Waals surface area (Å²) in [5.41, 5.74) is 3.58. The minimum Gasteiger partial charge on any atom is -0.507 e. The fourth-order valence-corrected chi connectivity index (χ4v) is 4.60. The van der Waals surface area contributed by atoms with Crippen LogP contribution in [0.3, 0.4) is 0 Å². The molecule has 1 saturated carbocycles. The Morgan fingerprint density at radius 3 is 2.59 bits per heavy atom. The molecule has 0 atom stereocenters. The van der Waals surface area contributed by atoms with Gasteiger partial charge in [0.15, 0.2) is 5.78 Å². The van der Waals surface area contributed by atoms with Crippen molar-refractivity contribution in [2.24, 2.45) is 0 Å². The number of Topliss-reactive ketones (excluding diaryl/α,β-unsaturated/α-hetero) is 1. The molecule has 4 heteroatoms. The van der Waals surface area contributed by atoms with Crippen molar-refractivity contribution < 1.29 is 19.4 Å². The van der Waals surface area contributed by atoms with Crippen molar-refractivity contribution in [2.75, 3.05) is 13.2 Å². The Hall–Kier alpha value is -2.75. The molecule has 2 aromatic carbocycles. The van der Waals surface area contributed by atoms with Crippen LogP contribution in [0.5, 0.6) is 17.2 Å². The van der Waals surface area contributed by atoms with Crippen molar-refractivity contribution in [3.63, 3.8) is 0 Å². The lowest BCUT2D eigenvalue weighted by molar-refractivity contribution is 0.101.